The van der Waals surface area contributed by atoms with E-state index in [0.717, 1.165) is 11.1 Å². The molecule has 172 valence electrons. The molecule has 0 heterocycles. The van der Waals surface area contributed by atoms with Gasteiger partial charge in [0.1, 0.15) is 30.5 Å². The van der Waals surface area contributed by atoms with Crippen molar-refractivity contribution in [1.29, 1.82) is 0 Å². The van der Waals surface area contributed by atoms with Gasteiger partial charge in [0.25, 0.3) is 5.91 Å². The maximum atomic E-state index is 12.9. The maximum Gasteiger partial charge on any atom is 0.255 e. The second kappa shape index (κ2) is 11.0. The number of carbonyl (C=O) groups excluding carboxylic acids is 1. The zero-order valence-corrected chi connectivity index (χ0v) is 19.5. The lowest BCUT2D eigenvalue weighted by molar-refractivity contribution is 0.102. The summed E-state index contributed by atoms with van der Waals surface area (Å²) in [5.41, 5.74) is 2.43. The average molecular weight is 494 g/mol. The zero-order chi connectivity index (χ0) is 23.9. The Morgan fingerprint density at radius 1 is 0.735 bits per heavy atom. The maximum absolute atomic E-state index is 12.9. The third-order valence-electron chi connectivity index (χ3n) is 4.95. The summed E-state index contributed by atoms with van der Waals surface area (Å²) in [7, 11) is 0. The van der Waals surface area contributed by atoms with Crippen molar-refractivity contribution in [2.75, 3.05) is 5.32 Å². The van der Waals surface area contributed by atoms with Crippen molar-refractivity contribution in [1.82, 2.24) is 0 Å². The third kappa shape index (κ3) is 6.22. The van der Waals surface area contributed by atoms with Crippen LogP contribution in [0.2, 0.25) is 10.0 Å². The highest BCUT2D eigenvalue weighted by Gasteiger charge is 2.13. The lowest BCUT2D eigenvalue weighted by Crippen LogP contribution is -2.12. The molecule has 0 fully saturated rings. The number of aromatic hydroxyl groups is 1. The molecule has 0 unspecified atom stereocenters. The first-order valence-corrected chi connectivity index (χ1v) is 11.2. The van der Waals surface area contributed by atoms with Crippen LogP contribution in [0, 0.1) is 0 Å². The number of hydrogen-bond donors (Lipinski definition) is 2. The highest BCUT2D eigenvalue weighted by atomic mass is 35.5. The summed E-state index contributed by atoms with van der Waals surface area (Å²) in [6.45, 7) is 0.447. The first-order valence-electron chi connectivity index (χ1n) is 10.5. The largest absolute Gasteiger partial charge is 0.508 e. The summed E-state index contributed by atoms with van der Waals surface area (Å²) < 4.78 is 11.9. The molecule has 0 aliphatic rings. The first kappa shape index (κ1) is 23.5. The standard InChI is InChI=1S/C27H21Cl2NO4/c28-25-10-3-1-6-18(25)16-33-23-12-20(27(32)30-21-8-5-9-22(31)14-21)13-24(15-23)34-17-19-7-2-4-11-26(19)29/h1-15,31H,16-17H2,(H,30,32). The van der Waals surface area contributed by atoms with E-state index in [0.29, 0.717) is 32.8 Å². The number of amides is 1. The van der Waals surface area contributed by atoms with Crippen molar-refractivity contribution >= 4 is 34.8 Å². The van der Waals surface area contributed by atoms with E-state index in [1.165, 1.54) is 12.1 Å². The van der Waals surface area contributed by atoms with E-state index in [2.05, 4.69) is 5.32 Å². The Morgan fingerprint density at radius 2 is 1.29 bits per heavy atom. The van der Waals surface area contributed by atoms with Gasteiger partial charge in [-0.2, -0.15) is 0 Å². The molecule has 4 aromatic carbocycles. The molecule has 4 rings (SSSR count). The summed E-state index contributed by atoms with van der Waals surface area (Å²) >= 11 is 12.5. The number of rotatable bonds is 8. The molecule has 0 atom stereocenters. The number of phenols is 1. The van der Waals surface area contributed by atoms with Gasteiger partial charge in [-0.1, -0.05) is 65.7 Å². The minimum atomic E-state index is -0.378. The van der Waals surface area contributed by atoms with E-state index in [4.69, 9.17) is 32.7 Å². The van der Waals surface area contributed by atoms with Crippen molar-refractivity contribution < 1.29 is 19.4 Å². The van der Waals surface area contributed by atoms with Crippen LogP contribution in [0.1, 0.15) is 21.5 Å². The van der Waals surface area contributed by atoms with Crippen molar-refractivity contribution in [2.45, 2.75) is 13.2 Å². The van der Waals surface area contributed by atoms with Crippen LogP contribution in [0.15, 0.2) is 91.0 Å². The van der Waals surface area contributed by atoms with Gasteiger partial charge in [-0.05, 0) is 36.4 Å². The number of benzene rings is 4. The smallest absolute Gasteiger partial charge is 0.255 e. The molecule has 0 saturated heterocycles. The van der Waals surface area contributed by atoms with E-state index in [1.54, 1.807) is 42.5 Å². The van der Waals surface area contributed by atoms with Crippen LogP contribution in [-0.2, 0) is 13.2 Å². The second-order valence-corrected chi connectivity index (χ2v) is 8.27. The molecule has 5 nitrogen and oxygen atoms in total. The summed E-state index contributed by atoms with van der Waals surface area (Å²) in [6.07, 6.45) is 0. The van der Waals surface area contributed by atoms with Crippen LogP contribution in [0.4, 0.5) is 5.69 Å². The van der Waals surface area contributed by atoms with Crippen molar-refractivity contribution in [2.24, 2.45) is 0 Å². The topological polar surface area (TPSA) is 67.8 Å². The molecule has 0 aliphatic heterocycles. The molecule has 1 amide bonds. The number of anilines is 1. The summed E-state index contributed by atoms with van der Waals surface area (Å²) in [6, 6.07) is 26.0. The van der Waals surface area contributed by atoms with Crippen molar-refractivity contribution in [3.8, 4) is 17.2 Å². The number of halogens is 2. The molecular formula is C27H21Cl2NO4. The molecule has 0 radical (unpaired) electrons. The fraction of sp³-hybridized carbons (Fsp3) is 0.0741. The van der Waals surface area contributed by atoms with Gasteiger partial charge in [-0.15, -0.1) is 0 Å². The van der Waals surface area contributed by atoms with Gasteiger partial charge in [0.2, 0.25) is 0 Å². The molecule has 0 aromatic heterocycles. The Labute approximate surface area is 207 Å². The molecule has 34 heavy (non-hydrogen) atoms. The molecule has 4 aromatic rings. The molecule has 0 aliphatic carbocycles. The van der Waals surface area contributed by atoms with Crippen molar-refractivity contribution in [3.63, 3.8) is 0 Å². The number of hydrogen-bond acceptors (Lipinski definition) is 4. The molecular weight excluding hydrogens is 473 g/mol. The Morgan fingerprint density at radius 3 is 1.82 bits per heavy atom. The van der Waals surface area contributed by atoms with Crippen LogP contribution < -0.4 is 14.8 Å². The molecule has 0 saturated carbocycles. The van der Waals surface area contributed by atoms with E-state index in [1.807, 2.05) is 36.4 Å². The Balaban J connectivity index is 1.57. The van der Waals surface area contributed by atoms with E-state index < -0.39 is 0 Å². The van der Waals surface area contributed by atoms with E-state index in [-0.39, 0.29) is 24.9 Å². The van der Waals surface area contributed by atoms with Gasteiger partial charge in [-0.25, -0.2) is 0 Å². The van der Waals surface area contributed by atoms with Gasteiger partial charge in [0, 0.05) is 44.6 Å². The SMILES string of the molecule is O=C(Nc1cccc(O)c1)c1cc(OCc2ccccc2Cl)cc(OCc2ccccc2Cl)c1. The number of carbonyl (C=O) groups is 1. The zero-order valence-electron chi connectivity index (χ0n) is 18.0. The predicted octanol–water partition coefficient (Wildman–Crippen LogP) is 7.11. The number of ether oxygens (including phenoxy) is 2. The fourth-order valence-corrected chi connectivity index (χ4v) is 3.59. The van der Waals surface area contributed by atoms with Gasteiger partial charge in [0.05, 0.1) is 0 Å². The lowest BCUT2D eigenvalue weighted by Gasteiger charge is -2.14. The summed E-state index contributed by atoms with van der Waals surface area (Å²) in [5, 5.41) is 13.6. The molecule has 0 bridgehead atoms. The lowest BCUT2D eigenvalue weighted by atomic mass is 10.1. The fourth-order valence-electron chi connectivity index (χ4n) is 3.21. The van der Waals surface area contributed by atoms with Gasteiger partial charge < -0.3 is 19.9 Å². The van der Waals surface area contributed by atoms with Gasteiger partial charge in [0.15, 0.2) is 0 Å². The summed E-state index contributed by atoms with van der Waals surface area (Å²) in [5.74, 6) is 0.560. The molecule has 0 spiro atoms. The Bertz CT molecular complexity index is 1240. The minimum Gasteiger partial charge on any atom is -0.508 e. The van der Waals surface area contributed by atoms with Crippen LogP contribution in [0.25, 0.3) is 0 Å². The summed E-state index contributed by atoms with van der Waals surface area (Å²) in [4.78, 5) is 12.9. The first-order chi connectivity index (χ1) is 16.5. The Hall–Kier alpha value is -3.67. The predicted molar refractivity (Wildman–Crippen MR) is 134 cm³/mol. The third-order valence-corrected chi connectivity index (χ3v) is 5.69. The number of phenolic OH excluding ortho intramolecular Hbond substituents is 1. The number of nitrogens with one attached hydrogen (secondary N) is 1. The highest BCUT2D eigenvalue weighted by molar-refractivity contribution is 6.31. The average Bonchev–Trinajstić information content (AvgIpc) is 2.83. The van der Waals surface area contributed by atoms with Crippen LogP contribution in [0.5, 0.6) is 17.2 Å². The Kier molecular flexibility index (Phi) is 7.58. The monoisotopic (exact) mass is 493 g/mol. The van der Waals surface area contributed by atoms with Gasteiger partial charge in [-0.3, -0.25) is 4.79 Å². The van der Waals surface area contributed by atoms with E-state index in [9.17, 15) is 9.90 Å². The van der Waals surface area contributed by atoms with Crippen LogP contribution >= 0.6 is 23.2 Å². The molecule has 2 N–H and O–H groups in total. The van der Waals surface area contributed by atoms with Crippen molar-refractivity contribution in [3.05, 3.63) is 118 Å². The normalized spacial score (nSPS) is 10.5. The highest BCUT2D eigenvalue weighted by Crippen LogP contribution is 2.27. The van der Waals surface area contributed by atoms with Crippen LogP contribution in [0.3, 0.4) is 0 Å². The van der Waals surface area contributed by atoms with E-state index >= 15 is 0 Å². The quantitative estimate of drug-likeness (QED) is 0.274. The van der Waals surface area contributed by atoms with Crippen LogP contribution in [-0.4, -0.2) is 11.0 Å². The second-order valence-electron chi connectivity index (χ2n) is 7.46. The van der Waals surface area contributed by atoms with Gasteiger partial charge >= 0.3 is 0 Å². The molecule has 7 heteroatoms. The minimum absolute atomic E-state index is 0.0541.